The van der Waals surface area contributed by atoms with Crippen LogP contribution in [0.3, 0.4) is 0 Å². The molecule has 0 aromatic heterocycles. The second kappa shape index (κ2) is 9.50. The molecule has 1 nitrogen and oxygen atoms in total. The van der Waals surface area contributed by atoms with Crippen molar-refractivity contribution in [3.8, 4) is 0 Å². The molecule has 0 aromatic rings. The summed E-state index contributed by atoms with van der Waals surface area (Å²) in [5, 5.41) is 0. The lowest BCUT2D eigenvalue weighted by molar-refractivity contribution is -0.116. The highest BCUT2D eigenvalue weighted by Gasteiger charge is 2.12. The molecule has 13 heavy (non-hydrogen) atoms. The van der Waals surface area contributed by atoms with Gasteiger partial charge in [-0.2, -0.15) is 0 Å². The van der Waals surface area contributed by atoms with Crippen LogP contribution >= 0.6 is 0 Å². The van der Waals surface area contributed by atoms with E-state index in [9.17, 15) is 4.79 Å². The van der Waals surface area contributed by atoms with Crippen LogP contribution in [0.15, 0.2) is 11.1 Å². The Morgan fingerprint density at radius 1 is 0.923 bits per heavy atom. The van der Waals surface area contributed by atoms with Crippen LogP contribution < -0.4 is 0 Å². The predicted molar refractivity (Wildman–Crippen MR) is 59.9 cm³/mol. The number of rotatable bonds is 0. The molecule has 0 saturated heterocycles. The highest BCUT2D eigenvalue weighted by Crippen LogP contribution is 2.20. The quantitative estimate of drug-likeness (QED) is 0.553. The Morgan fingerprint density at radius 2 is 1.38 bits per heavy atom. The van der Waals surface area contributed by atoms with Crippen LogP contribution in [0.25, 0.3) is 0 Å². The fourth-order valence-corrected chi connectivity index (χ4v) is 1.13. The first-order chi connectivity index (χ1) is 6.22. The number of hydrogen-bond donors (Lipinski definition) is 0. The van der Waals surface area contributed by atoms with Gasteiger partial charge in [0.2, 0.25) is 0 Å². The van der Waals surface area contributed by atoms with Gasteiger partial charge in [-0.25, -0.2) is 0 Å². The van der Waals surface area contributed by atoms with Crippen LogP contribution in [0, 0.1) is 0 Å². The zero-order valence-electron chi connectivity index (χ0n) is 10.0. The van der Waals surface area contributed by atoms with Crippen LogP contribution in [0.5, 0.6) is 0 Å². The zero-order valence-corrected chi connectivity index (χ0v) is 10.0. The molecule has 0 unspecified atom stereocenters. The Labute approximate surface area is 83.2 Å². The van der Waals surface area contributed by atoms with E-state index in [0.717, 1.165) is 24.8 Å². The third-order valence-corrected chi connectivity index (χ3v) is 2.01. The molecule has 1 rings (SSSR count). The third kappa shape index (κ3) is 5.62. The highest BCUT2D eigenvalue weighted by molar-refractivity contribution is 5.96. The van der Waals surface area contributed by atoms with E-state index < -0.39 is 0 Å². The molecular formula is C12H24O. The van der Waals surface area contributed by atoms with E-state index in [2.05, 4.69) is 0 Å². The first-order valence-corrected chi connectivity index (χ1v) is 5.41. The van der Waals surface area contributed by atoms with Crippen molar-refractivity contribution in [2.75, 3.05) is 0 Å². The Balaban J connectivity index is 0. The lowest BCUT2D eigenvalue weighted by Crippen LogP contribution is -2.07. The minimum Gasteiger partial charge on any atom is -0.295 e. The summed E-state index contributed by atoms with van der Waals surface area (Å²) < 4.78 is 0. The molecule has 0 saturated carbocycles. The Morgan fingerprint density at radius 3 is 1.69 bits per heavy atom. The van der Waals surface area contributed by atoms with Gasteiger partial charge < -0.3 is 0 Å². The molecule has 0 heterocycles. The molecule has 0 amide bonds. The van der Waals surface area contributed by atoms with Crippen LogP contribution in [-0.4, -0.2) is 5.78 Å². The monoisotopic (exact) mass is 184 g/mol. The first kappa shape index (κ1) is 14.9. The standard InChI is InChI=1S/C8H12O.2C2H6/c1-6-4-3-5-8(9)7(6)2;2*1-2/h3-5H2,1-2H3;2*1-2H3. The van der Waals surface area contributed by atoms with Gasteiger partial charge in [-0.05, 0) is 32.3 Å². The normalized spacial score (nSPS) is 15.4. The number of ketones is 1. The average molecular weight is 184 g/mol. The molecule has 0 radical (unpaired) electrons. The Kier molecular flexibility index (Phi) is 10.9. The predicted octanol–water partition coefficient (Wildman–Crippen LogP) is 4.13. The smallest absolute Gasteiger partial charge is 0.158 e. The highest BCUT2D eigenvalue weighted by atomic mass is 16.1. The van der Waals surface area contributed by atoms with E-state index in [-0.39, 0.29) is 0 Å². The Hall–Kier alpha value is -0.590. The van der Waals surface area contributed by atoms with Gasteiger partial charge in [0.25, 0.3) is 0 Å². The molecule has 1 aliphatic rings. The number of allylic oxidation sites excluding steroid dienone is 2. The maximum atomic E-state index is 10.9. The van der Waals surface area contributed by atoms with Crippen LogP contribution in [-0.2, 0) is 4.79 Å². The number of Topliss-reactive ketones (excluding diaryl/α,β-unsaturated/α-hetero) is 1. The minimum absolute atomic E-state index is 0.346. The Bertz CT molecular complexity index is 166. The van der Waals surface area contributed by atoms with Gasteiger partial charge in [0, 0.05) is 6.42 Å². The molecule has 0 aromatic carbocycles. The van der Waals surface area contributed by atoms with Crippen LogP contribution in [0.2, 0.25) is 0 Å². The van der Waals surface area contributed by atoms with Crippen molar-refractivity contribution in [1.29, 1.82) is 0 Å². The van der Waals surface area contributed by atoms with Crippen molar-refractivity contribution in [3.63, 3.8) is 0 Å². The molecule has 1 aliphatic carbocycles. The number of carbonyl (C=O) groups is 1. The first-order valence-electron chi connectivity index (χ1n) is 5.41. The molecule has 0 bridgehead atoms. The van der Waals surface area contributed by atoms with E-state index in [0.29, 0.717) is 5.78 Å². The van der Waals surface area contributed by atoms with Gasteiger partial charge in [0.05, 0.1) is 0 Å². The van der Waals surface area contributed by atoms with Crippen molar-refractivity contribution < 1.29 is 4.79 Å². The van der Waals surface area contributed by atoms with Gasteiger partial charge >= 0.3 is 0 Å². The SMILES string of the molecule is CC.CC.CC1=C(C)C(=O)CCC1. The van der Waals surface area contributed by atoms with E-state index in [1.807, 2.05) is 41.5 Å². The third-order valence-electron chi connectivity index (χ3n) is 2.01. The van der Waals surface area contributed by atoms with Gasteiger partial charge in [-0.1, -0.05) is 33.3 Å². The lowest BCUT2D eigenvalue weighted by Gasteiger charge is -2.11. The zero-order chi connectivity index (χ0) is 10.9. The molecular weight excluding hydrogens is 160 g/mol. The van der Waals surface area contributed by atoms with Crippen LogP contribution in [0.4, 0.5) is 0 Å². The lowest BCUT2D eigenvalue weighted by atomic mass is 9.93. The molecule has 0 N–H and O–H groups in total. The molecule has 0 spiro atoms. The molecule has 0 fully saturated rings. The fraction of sp³-hybridized carbons (Fsp3) is 0.750. The summed E-state index contributed by atoms with van der Waals surface area (Å²) in [4.78, 5) is 10.9. The second-order valence-corrected chi connectivity index (χ2v) is 2.68. The molecule has 1 heteroatoms. The van der Waals surface area contributed by atoms with E-state index in [1.165, 1.54) is 5.57 Å². The maximum Gasteiger partial charge on any atom is 0.158 e. The summed E-state index contributed by atoms with van der Waals surface area (Å²) in [6.07, 6.45) is 2.95. The molecule has 0 aliphatic heterocycles. The topological polar surface area (TPSA) is 17.1 Å². The van der Waals surface area contributed by atoms with Gasteiger partial charge in [-0.3, -0.25) is 4.79 Å². The number of hydrogen-bond acceptors (Lipinski definition) is 1. The second-order valence-electron chi connectivity index (χ2n) is 2.68. The van der Waals surface area contributed by atoms with Gasteiger partial charge in [0.1, 0.15) is 0 Å². The maximum absolute atomic E-state index is 10.9. The van der Waals surface area contributed by atoms with E-state index in [1.54, 1.807) is 0 Å². The van der Waals surface area contributed by atoms with Crippen molar-refractivity contribution in [2.24, 2.45) is 0 Å². The van der Waals surface area contributed by atoms with E-state index >= 15 is 0 Å². The summed E-state index contributed by atoms with van der Waals surface area (Å²) in [5.74, 6) is 0.346. The summed E-state index contributed by atoms with van der Waals surface area (Å²) in [5.41, 5.74) is 2.28. The van der Waals surface area contributed by atoms with Crippen molar-refractivity contribution in [3.05, 3.63) is 11.1 Å². The molecule has 0 atom stereocenters. The minimum atomic E-state index is 0.346. The van der Waals surface area contributed by atoms with Crippen molar-refractivity contribution in [1.82, 2.24) is 0 Å². The fourth-order valence-electron chi connectivity index (χ4n) is 1.13. The largest absolute Gasteiger partial charge is 0.295 e. The van der Waals surface area contributed by atoms with Gasteiger partial charge in [-0.15, -0.1) is 0 Å². The van der Waals surface area contributed by atoms with Crippen molar-refractivity contribution >= 4 is 5.78 Å². The molecule has 78 valence electrons. The average Bonchev–Trinajstić information content (AvgIpc) is 2.20. The van der Waals surface area contributed by atoms with Crippen molar-refractivity contribution in [2.45, 2.75) is 60.8 Å². The summed E-state index contributed by atoms with van der Waals surface area (Å²) in [6.45, 7) is 12.0. The van der Waals surface area contributed by atoms with Gasteiger partial charge in [0.15, 0.2) is 5.78 Å². The summed E-state index contributed by atoms with van der Waals surface area (Å²) in [7, 11) is 0. The summed E-state index contributed by atoms with van der Waals surface area (Å²) in [6, 6.07) is 0. The van der Waals surface area contributed by atoms with Crippen LogP contribution in [0.1, 0.15) is 60.8 Å². The number of carbonyl (C=O) groups excluding carboxylic acids is 1. The summed E-state index contributed by atoms with van der Waals surface area (Å²) >= 11 is 0. The van der Waals surface area contributed by atoms with E-state index in [4.69, 9.17) is 0 Å².